The number of anilines is 3. The number of nitrogens with zero attached hydrogens (tertiary/aromatic N) is 3. The summed E-state index contributed by atoms with van der Waals surface area (Å²) in [5.41, 5.74) is 8.98. The monoisotopic (exact) mass is 355 g/mol. The first-order valence-electron chi connectivity index (χ1n) is 7.35. The van der Waals surface area contributed by atoms with E-state index < -0.39 is 4.92 Å². The van der Waals surface area contributed by atoms with Crippen molar-refractivity contribution in [2.24, 2.45) is 0 Å². The number of benzene rings is 2. The van der Waals surface area contributed by atoms with Gasteiger partial charge in [-0.1, -0.05) is 17.7 Å². The Kier molecular flexibility index (Phi) is 4.49. The van der Waals surface area contributed by atoms with Crippen molar-refractivity contribution in [1.29, 1.82) is 0 Å². The Morgan fingerprint density at radius 3 is 2.52 bits per heavy atom. The van der Waals surface area contributed by atoms with E-state index in [-0.39, 0.29) is 11.6 Å². The average molecular weight is 356 g/mol. The normalized spacial score (nSPS) is 10.5. The molecule has 0 fully saturated rings. The van der Waals surface area contributed by atoms with Crippen LogP contribution >= 0.6 is 11.6 Å². The molecule has 8 heteroatoms. The van der Waals surface area contributed by atoms with E-state index in [1.165, 1.54) is 12.1 Å². The van der Waals surface area contributed by atoms with Crippen molar-refractivity contribution < 1.29 is 4.92 Å². The van der Waals surface area contributed by atoms with Crippen molar-refractivity contribution in [1.82, 2.24) is 9.97 Å². The number of nitrogens with two attached hydrogens (primary N) is 1. The van der Waals surface area contributed by atoms with Crippen LogP contribution in [0.3, 0.4) is 0 Å². The SMILES string of the molecule is Cc1ccc(Cl)cc1-c1cc(Nc2ccc([N+](=O)[O-])cc2)nc(N)n1. The van der Waals surface area contributed by atoms with Crippen LogP contribution < -0.4 is 11.1 Å². The van der Waals surface area contributed by atoms with Crippen LogP contribution in [0.4, 0.5) is 23.1 Å². The molecule has 0 radical (unpaired) electrons. The summed E-state index contributed by atoms with van der Waals surface area (Å²) in [5, 5.41) is 14.4. The topological polar surface area (TPSA) is 107 Å². The van der Waals surface area contributed by atoms with Crippen LogP contribution in [-0.4, -0.2) is 14.9 Å². The van der Waals surface area contributed by atoms with E-state index in [1.807, 2.05) is 19.1 Å². The molecule has 7 nitrogen and oxygen atoms in total. The number of aromatic nitrogens is 2. The van der Waals surface area contributed by atoms with Gasteiger partial charge in [-0.25, -0.2) is 4.98 Å². The number of hydrogen-bond acceptors (Lipinski definition) is 6. The zero-order valence-corrected chi connectivity index (χ0v) is 14.0. The number of nitrogen functional groups attached to an aromatic ring is 1. The van der Waals surface area contributed by atoms with E-state index in [2.05, 4.69) is 15.3 Å². The maximum absolute atomic E-state index is 10.7. The van der Waals surface area contributed by atoms with Crippen LogP contribution in [0.1, 0.15) is 5.56 Å². The fraction of sp³-hybridized carbons (Fsp3) is 0.0588. The van der Waals surface area contributed by atoms with Crippen LogP contribution in [0.2, 0.25) is 5.02 Å². The summed E-state index contributed by atoms with van der Waals surface area (Å²) in [7, 11) is 0. The molecule has 0 saturated carbocycles. The first-order chi connectivity index (χ1) is 11.9. The quantitative estimate of drug-likeness (QED) is 0.532. The van der Waals surface area contributed by atoms with Crippen molar-refractivity contribution in [3.05, 3.63) is 69.2 Å². The molecule has 2 aromatic carbocycles. The van der Waals surface area contributed by atoms with E-state index in [4.69, 9.17) is 17.3 Å². The second-order valence-corrected chi connectivity index (χ2v) is 5.82. The third kappa shape index (κ3) is 3.84. The number of aryl methyl sites for hydroxylation is 1. The molecule has 1 aromatic heterocycles. The summed E-state index contributed by atoms with van der Waals surface area (Å²) >= 11 is 6.07. The summed E-state index contributed by atoms with van der Waals surface area (Å²) < 4.78 is 0. The fourth-order valence-electron chi connectivity index (χ4n) is 2.35. The number of hydrogen-bond donors (Lipinski definition) is 2. The van der Waals surface area contributed by atoms with Gasteiger partial charge in [0.05, 0.1) is 10.6 Å². The highest BCUT2D eigenvalue weighted by molar-refractivity contribution is 6.30. The lowest BCUT2D eigenvalue weighted by Gasteiger charge is -2.10. The van der Waals surface area contributed by atoms with Crippen LogP contribution in [-0.2, 0) is 0 Å². The molecular weight excluding hydrogens is 342 g/mol. The van der Waals surface area contributed by atoms with E-state index in [9.17, 15) is 10.1 Å². The maximum Gasteiger partial charge on any atom is 0.269 e. The summed E-state index contributed by atoms with van der Waals surface area (Å²) in [4.78, 5) is 18.7. The van der Waals surface area contributed by atoms with Gasteiger partial charge in [0.25, 0.3) is 5.69 Å². The zero-order chi connectivity index (χ0) is 18.0. The van der Waals surface area contributed by atoms with Crippen LogP contribution in [0.25, 0.3) is 11.3 Å². The van der Waals surface area contributed by atoms with E-state index in [0.29, 0.717) is 22.2 Å². The minimum Gasteiger partial charge on any atom is -0.368 e. The molecular formula is C17H14ClN5O2. The van der Waals surface area contributed by atoms with Gasteiger partial charge in [-0.3, -0.25) is 10.1 Å². The summed E-state index contributed by atoms with van der Waals surface area (Å²) in [6.45, 7) is 1.95. The van der Waals surface area contributed by atoms with Gasteiger partial charge < -0.3 is 11.1 Å². The smallest absolute Gasteiger partial charge is 0.269 e. The number of non-ortho nitro benzene ring substituents is 1. The lowest BCUT2D eigenvalue weighted by Crippen LogP contribution is -2.02. The van der Waals surface area contributed by atoms with Gasteiger partial charge in [-0.05, 0) is 36.8 Å². The number of rotatable bonds is 4. The first-order valence-corrected chi connectivity index (χ1v) is 7.73. The van der Waals surface area contributed by atoms with Crippen LogP contribution in [0.5, 0.6) is 0 Å². The number of nitro benzene ring substituents is 1. The van der Waals surface area contributed by atoms with E-state index >= 15 is 0 Å². The van der Waals surface area contributed by atoms with Crippen molar-refractivity contribution >= 4 is 34.7 Å². The Morgan fingerprint density at radius 1 is 1.12 bits per heavy atom. The highest BCUT2D eigenvalue weighted by atomic mass is 35.5. The lowest BCUT2D eigenvalue weighted by atomic mass is 10.1. The molecule has 0 unspecified atom stereocenters. The molecule has 0 aliphatic heterocycles. The Labute approximate surface area is 148 Å². The van der Waals surface area contributed by atoms with Gasteiger partial charge in [0.15, 0.2) is 0 Å². The number of nitro groups is 1. The second kappa shape index (κ2) is 6.74. The molecule has 0 aliphatic rings. The molecule has 25 heavy (non-hydrogen) atoms. The highest BCUT2D eigenvalue weighted by Crippen LogP contribution is 2.28. The Balaban J connectivity index is 1.94. The minimum absolute atomic E-state index is 0.0167. The Morgan fingerprint density at radius 2 is 1.84 bits per heavy atom. The van der Waals surface area contributed by atoms with Crippen molar-refractivity contribution in [3.8, 4) is 11.3 Å². The van der Waals surface area contributed by atoms with Crippen LogP contribution in [0.15, 0.2) is 48.5 Å². The predicted octanol–water partition coefficient (Wildman–Crippen LogP) is 4.34. The van der Waals surface area contributed by atoms with E-state index in [1.54, 1.807) is 24.3 Å². The zero-order valence-electron chi connectivity index (χ0n) is 13.2. The third-order valence-corrected chi connectivity index (χ3v) is 3.80. The average Bonchev–Trinajstić information content (AvgIpc) is 2.57. The van der Waals surface area contributed by atoms with Gasteiger partial charge in [-0.15, -0.1) is 0 Å². The lowest BCUT2D eigenvalue weighted by molar-refractivity contribution is -0.384. The largest absolute Gasteiger partial charge is 0.368 e. The fourth-order valence-corrected chi connectivity index (χ4v) is 2.52. The van der Waals surface area contributed by atoms with Crippen molar-refractivity contribution in [2.75, 3.05) is 11.1 Å². The molecule has 3 rings (SSSR count). The molecule has 0 spiro atoms. The molecule has 0 atom stereocenters. The van der Waals surface area contributed by atoms with Crippen molar-refractivity contribution in [3.63, 3.8) is 0 Å². The molecule has 3 aromatic rings. The van der Waals surface area contributed by atoms with E-state index in [0.717, 1.165) is 11.1 Å². The molecule has 3 N–H and O–H groups in total. The first kappa shape index (κ1) is 16.7. The van der Waals surface area contributed by atoms with Crippen LogP contribution in [0, 0.1) is 17.0 Å². The Bertz CT molecular complexity index is 944. The van der Waals surface area contributed by atoms with Gasteiger partial charge in [-0.2, -0.15) is 4.98 Å². The van der Waals surface area contributed by atoms with Gasteiger partial charge in [0.1, 0.15) is 5.82 Å². The minimum atomic E-state index is -0.452. The standard InChI is InChI=1S/C17H14ClN5O2/c1-10-2-3-11(18)8-14(10)15-9-16(22-17(19)21-15)20-12-4-6-13(7-5-12)23(24)25/h2-9H,1H3,(H3,19,20,21,22). The number of nitrogens with one attached hydrogen (secondary N) is 1. The van der Waals surface area contributed by atoms with Crippen molar-refractivity contribution in [2.45, 2.75) is 6.92 Å². The van der Waals surface area contributed by atoms with Gasteiger partial charge in [0, 0.05) is 34.5 Å². The second-order valence-electron chi connectivity index (χ2n) is 5.38. The molecule has 0 amide bonds. The predicted molar refractivity (Wildman–Crippen MR) is 98.0 cm³/mol. The molecule has 0 saturated heterocycles. The highest BCUT2D eigenvalue weighted by Gasteiger charge is 2.10. The van der Waals surface area contributed by atoms with Gasteiger partial charge >= 0.3 is 0 Å². The maximum atomic E-state index is 10.7. The van der Waals surface area contributed by atoms with Gasteiger partial charge in [0.2, 0.25) is 5.95 Å². The summed E-state index contributed by atoms with van der Waals surface area (Å²) in [6, 6.07) is 13.3. The molecule has 0 bridgehead atoms. The molecule has 126 valence electrons. The Hall–Kier alpha value is -3.19. The molecule has 0 aliphatic carbocycles. The summed E-state index contributed by atoms with van der Waals surface area (Å²) in [6.07, 6.45) is 0. The third-order valence-electron chi connectivity index (χ3n) is 3.57. The number of halogens is 1. The molecule has 1 heterocycles. The summed E-state index contributed by atoms with van der Waals surface area (Å²) in [5.74, 6) is 0.594.